The predicted octanol–water partition coefficient (Wildman–Crippen LogP) is 2.04. The van der Waals surface area contributed by atoms with Gasteiger partial charge in [0.1, 0.15) is 12.6 Å². The van der Waals surface area contributed by atoms with E-state index in [1.807, 2.05) is 0 Å². The second-order valence-corrected chi connectivity index (χ2v) is 7.04. The summed E-state index contributed by atoms with van der Waals surface area (Å²) in [5.74, 6) is -3.53. The lowest BCUT2D eigenvalue weighted by molar-refractivity contribution is -0.129. The van der Waals surface area contributed by atoms with Gasteiger partial charge in [-0.25, -0.2) is 13.8 Å². The molecule has 1 heterocycles. The van der Waals surface area contributed by atoms with Crippen LogP contribution in [0.15, 0.2) is 52.0 Å². The number of carbonyl (C=O) groups excluding carboxylic acids is 2. The molecular weight excluding hydrogens is 450 g/mol. The van der Waals surface area contributed by atoms with Gasteiger partial charge in [-0.3, -0.25) is 19.0 Å². The zero-order chi connectivity index (χ0) is 21.1. The Balaban J connectivity index is 1.86. The first kappa shape index (κ1) is 20.6. The molecule has 3 rings (SSSR count). The number of hydrogen-bond acceptors (Lipinski definition) is 4. The first-order valence-corrected chi connectivity index (χ1v) is 9.20. The topological polar surface area (TPSA) is 93.1 Å². The average molecular weight is 465 g/mol. The van der Waals surface area contributed by atoms with Crippen LogP contribution in [0, 0.1) is 11.6 Å². The van der Waals surface area contributed by atoms with Crippen molar-refractivity contribution in [3.05, 3.63) is 74.7 Å². The second-order valence-electron chi connectivity index (χ2n) is 6.13. The molecule has 0 saturated heterocycles. The van der Waals surface area contributed by atoms with E-state index in [0.717, 1.165) is 16.7 Å². The lowest BCUT2D eigenvalue weighted by Gasteiger charge is -2.18. The SMILES string of the molecule is CNC(=O)C(NC(=O)Cn1cnc2ccc(Br)cc2c1=O)c1ccc(F)c(F)c1. The number of nitrogens with one attached hydrogen (secondary N) is 2. The molecule has 1 atom stereocenters. The van der Waals surface area contributed by atoms with Crippen LogP contribution in [0.1, 0.15) is 11.6 Å². The molecule has 0 aliphatic rings. The highest BCUT2D eigenvalue weighted by atomic mass is 79.9. The van der Waals surface area contributed by atoms with Crippen LogP contribution >= 0.6 is 15.9 Å². The minimum Gasteiger partial charge on any atom is -0.357 e. The fourth-order valence-electron chi connectivity index (χ4n) is 2.74. The highest BCUT2D eigenvalue weighted by Crippen LogP contribution is 2.17. The van der Waals surface area contributed by atoms with Gasteiger partial charge in [-0.15, -0.1) is 0 Å². The molecule has 7 nitrogen and oxygen atoms in total. The summed E-state index contributed by atoms with van der Waals surface area (Å²) in [6, 6.07) is 6.62. The second kappa shape index (κ2) is 8.48. The van der Waals surface area contributed by atoms with Crippen LogP contribution in [-0.4, -0.2) is 28.4 Å². The van der Waals surface area contributed by atoms with E-state index in [4.69, 9.17) is 0 Å². The van der Waals surface area contributed by atoms with E-state index in [0.29, 0.717) is 15.4 Å². The van der Waals surface area contributed by atoms with E-state index in [1.54, 1.807) is 18.2 Å². The summed E-state index contributed by atoms with van der Waals surface area (Å²) in [6.45, 7) is -0.411. The third-order valence-corrected chi connectivity index (χ3v) is 4.68. The normalized spacial score (nSPS) is 11.9. The molecular formula is C19H15BrF2N4O3. The molecule has 2 N–H and O–H groups in total. The molecule has 0 bridgehead atoms. The first-order chi connectivity index (χ1) is 13.8. The Morgan fingerprint density at radius 2 is 1.93 bits per heavy atom. The molecule has 0 aliphatic carbocycles. The standard InChI is InChI=1S/C19H15BrF2N4O3/c1-23-18(28)17(10-2-4-13(21)14(22)6-10)25-16(27)8-26-9-24-15-5-3-11(20)7-12(15)19(26)29/h2-7,9,17H,8H2,1H3,(H,23,28)(H,25,27). The van der Waals surface area contributed by atoms with Crippen molar-refractivity contribution in [2.24, 2.45) is 0 Å². The zero-order valence-corrected chi connectivity index (χ0v) is 16.7. The number of likely N-dealkylation sites (N-methyl/N-ethyl adjacent to an activating group) is 1. The molecule has 0 saturated carbocycles. The van der Waals surface area contributed by atoms with Crippen molar-refractivity contribution in [3.63, 3.8) is 0 Å². The number of hydrogen-bond donors (Lipinski definition) is 2. The Hall–Kier alpha value is -3.14. The minimum absolute atomic E-state index is 0.0597. The van der Waals surface area contributed by atoms with E-state index in [1.165, 1.54) is 19.4 Å². The molecule has 150 valence electrons. The summed E-state index contributed by atoms with van der Waals surface area (Å²) < 4.78 is 28.5. The highest BCUT2D eigenvalue weighted by Gasteiger charge is 2.23. The van der Waals surface area contributed by atoms with Gasteiger partial charge in [0.15, 0.2) is 11.6 Å². The Kier molecular flexibility index (Phi) is 6.02. The average Bonchev–Trinajstić information content (AvgIpc) is 2.70. The molecule has 1 unspecified atom stereocenters. The number of nitrogens with zero attached hydrogens (tertiary/aromatic N) is 2. The van der Waals surface area contributed by atoms with Gasteiger partial charge in [0.2, 0.25) is 11.8 Å². The predicted molar refractivity (Wildman–Crippen MR) is 105 cm³/mol. The summed E-state index contributed by atoms with van der Waals surface area (Å²) in [6.07, 6.45) is 1.23. The zero-order valence-electron chi connectivity index (χ0n) is 15.1. The summed E-state index contributed by atoms with van der Waals surface area (Å²) in [5, 5.41) is 5.10. The quantitative estimate of drug-likeness (QED) is 0.604. The Morgan fingerprint density at radius 1 is 1.17 bits per heavy atom. The number of aromatic nitrogens is 2. The van der Waals surface area contributed by atoms with Gasteiger partial charge in [-0.05, 0) is 35.9 Å². The van der Waals surface area contributed by atoms with Crippen LogP contribution in [0.3, 0.4) is 0 Å². The Bertz CT molecular complexity index is 1170. The highest BCUT2D eigenvalue weighted by molar-refractivity contribution is 9.10. The Morgan fingerprint density at radius 3 is 2.62 bits per heavy atom. The van der Waals surface area contributed by atoms with E-state index in [9.17, 15) is 23.2 Å². The van der Waals surface area contributed by atoms with Gasteiger partial charge >= 0.3 is 0 Å². The molecule has 0 aliphatic heterocycles. The fraction of sp³-hybridized carbons (Fsp3) is 0.158. The Labute approximate surface area is 171 Å². The number of carbonyl (C=O) groups is 2. The number of rotatable bonds is 5. The molecule has 10 heteroatoms. The maximum absolute atomic E-state index is 13.5. The van der Waals surface area contributed by atoms with Crippen molar-refractivity contribution in [2.75, 3.05) is 7.05 Å². The van der Waals surface area contributed by atoms with Gasteiger partial charge in [-0.2, -0.15) is 0 Å². The van der Waals surface area contributed by atoms with Gasteiger partial charge < -0.3 is 10.6 Å². The molecule has 3 aromatic rings. The molecule has 1 aromatic heterocycles. The van der Waals surface area contributed by atoms with Gasteiger partial charge in [-0.1, -0.05) is 22.0 Å². The van der Waals surface area contributed by atoms with Gasteiger partial charge in [0.05, 0.1) is 17.2 Å². The smallest absolute Gasteiger partial charge is 0.261 e. The van der Waals surface area contributed by atoms with Crippen LogP contribution in [0.2, 0.25) is 0 Å². The molecule has 0 fully saturated rings. The van der Waals surface area contributed by atoms with E-state index >= 15 is 0 Å². The lowest BCUT2D eigenvalue weighted by Crippen LogP contribution is -2.41. The maximum atomic E-state index is 13.5. The summed E-state index contributed by atoms with van der Waals surface area (Å²) >= 11 is 3.28. The molecule has 0 spiro atoms. The van der Waals surface area contributed by atoms with Crippen LogP contribution in [0.25, 0.3) is 10.9 Å². The fourth-order valence-corrected chi connectivity index (χ4v) is 3.10. The van der Waals surface area contributed by atoms with Crippen molar-refractivity contribution in [1.82, 2.24) is 20.2 Å². The van der Waals surface area contributed by atoms with E-state index in [2.05, 4.69) is 31.5 Å². The van der Waals surface area contributed by atoms with Gasteiger partial charge in [0, 0.05) is 11.5 Å². The monoisotopic (exact) mass is 464 g/mol. The van der Waals surface area contributed by atoms with Crippen LogP contribution in [0.5, 0.6) is 0 Å². The summed E-state index contributed by atoms with van der Waals surface area (Å²) in [5.41, 5.74) is 0.0974. The molecule has 2 aromatic carbocycles. The molecule has 29 heavy (non-hydrogen) atoms. The first-order valence-electron chi connectivity index (χ1n) is 8.40. The van der Waals surface area contributed by atoms with Gasteiger partial charge in [0.25, 0.3) is 5.56 Å². The van der Waals surface area contributed by atoms with Crippen LogP contribution in [0.4, 0.5) is 8.78 Å². The maximum Gasteiger partial charge on any atom is 0.261 e. The van der Waals surface area contributed by atoms with Crippen LogP contribution in [-0.2, 0) is 16.1 Å². The number of fused-ring (bicyclic) bond motifs is 1. The third-order valence-electron chi connectivity index (χ3n) is 4.19. The molecule has 2 amide bonds. The van der Waals surface area contributed by atoms with E-state index < -0.39 is 41.6 Å². The van der Waals surface area contributed by atoms with Crippen molar-refractivity contribution in [1.29, 1.82) is 0 Å². The van der Waals surface area contributed by atoms with Crippen molar-refractivity contribution < 1.29 is 18.4 Å². The van der Waals surface area contributed by atoms with Crippen molar-refractivity contribution in [3.8, 4) is 0 Å². The minimum atomic E-state index is -1.26. The van der Waals surface area contributed by atoms with Crippen molar-refractivity contribution in [2.45, 2.75) is 12.6 Å². The number of amides is 2. The lowest BCUT2D eigenvalue weighted by atomic mass is 10.1. The summed E-state index contributed by atoms with van der Waals surface area (Å²) in [4.78, 5) is 41.3. The third kappa shape index (κ3) is 4.48. The van der Waals surface area contributed by atoms with E-state index in [-0.39, 0.29) is 5.56 Å². The number of benzene rings is 2. The summed E-state index contributed by atoms with van der Waals surface area (Å²) in [7, 11) is 1.34. The van der Waals surface area contributed by atoms with Crippen molar-refractivity contribution >= 4 is 38.6 Å². The number of halogens is 3. The molecule has 0 radical (unpaired) electrons. The van der Waals surface area contributed by atoms with Crippen LogP contribution < -0.4 is 16.2 Å². The largest absolute Gasteiger partial charge is 0.357 e.